The highest BCUT2D eigenvalue weighted by molar-refractivity contribution is 6.05. The molecule has 1 heterocycles. The molecule has 0 aromatic heterocycles. The number of carbonyl (C=O) groups is 2. The summed E-state index contributed by atoms with van der Waals surface area (Å²) in [7, 11) is 0. The van der Waals surface area contributed by atoms with Gasteiger partial charge in [-0.3, -0.25) is 14.6 Å². The minimum atomic E-state index is -0.246. The number of ether oxygens (including phenoxy) is 2. The molecule has 3 rings (SSSR count). The largest absolute Gasteiger partial charge is 0.490 e. The summed E-state index contributed by atoms with van der Waals surface area (Å²) in [5.41, 5.74) is 9.07. The fourth-order valence-corrected chi connectivity index (χ4v) is 3.52. The first-order valence-corrected chi connectivity index (χ1v) is 11.2. The molecular weight excluding hydrogens is 406 g/mol. The number of hydrogen-bond donors (Lipinski definition) is 2. The van der Waals surface area contributed by atoms with Crippen LogP contribution in [0.2, 0.25) is 0 Å². The van der Waals surface area contributed by atoms with Crippen LogP contribution in [0.15, 0.2) is 47.5 Å². The Morgan fingerprint density at radius 1 is 1.16 bits per heavy atom. The maximum atomic E-state index is 12.7. The molecule has 1 amide bonds. The second-order valence-corrected chi connectivity index (χ2v) is 7.76. The molecule has 1 atom stereocenters. The molecule has 3 N–H and O–H groups in total. The molecule has 0 fully saturated rings. The molecule has 170 valence electrons. The number of rotatable bonds is 9. The number of fused-ring (bicyclic) bond motifs is 1. The number of carbonyl (C=O) groups excluding carboxylic acids is 2. The highest BCUT2D eigenvalue weighted by Gasteiger charge is 2.23. The molecule has 0 radical (unpaired) electrons. The van der Waals surface area contributed by atoms with Crippen LogP contribution in [0.4, 0.5) is 5.69 Å². The number of aryl methyl sites for hydroxylation is 1. The van der Waals surface area contributed by atoms with Gasteiger partial charge in [-0.1, -0.05) is 25.5 Å². The van der Waals surface area contributed by atoms with E-state index in [1.165, 1.54) is 0 Å². The molecule has 2 aromatic carbocycles. The van der Waals surface area contributed by atoms with Gasteiger partial charge in [-0.25, -0.2) is 0 Å². The van der Waals surface area contributed by atoms with E-state index < -0.39 is 0 Å². The van der Waals surface area contributed by atoms with Gasteiger partial charge in [-0.05, 0) is 62.1 Å². The number of anilines is 1. The Morgan fingerprint density at radius 3 is 2.62 bits per heavy atom. The fraction of sp³-hybridized carbons (Fsp3) is 0.400. The van der Waals surface area contributed by atoms with Crippen LogP contribution >= 0.6 is 0 Å². The number of unbranched alkanes of at least 4 members (excludes halogenated alkanes) is 1. The summed E-state index contributed by atoms with van der Waals surface area (Å²) >= 11 is 0. The molecule has 0 bridgehead atoms. The lowest BCUT2D eigenvalue weighted by Crippen LogP contribution is -2.26. The van der Waals surface area contributed by atoms with Gasteiger partial charge in [0.1, 0.15) is 17.7 Å². The molecule has 1 unspecified atom stereocenters. The molecular formula is C25H31N3O4. The number of esters is 1. The maximum Gasteiger partial charge on any atom is 0.309 e. The monoisotopic (exact) mass is 437 g/mol. The van der Waals surface area contributed by atoms with Crippen LogP contribution in [0, 0.1) is 0 Å². The van der Waals surface area contributed by atoms with Crippen LogP contribution < -0.4 is 15.8 Å². The molecule has 32 heavy (non-hydrogen) atoms. The molecule has 0 saturated carbocycles. The second-order valence-electron chi connectivity index (χ2n) is 7.76. The van der Waals surface area contributed by atoms with E-state index in [0.717, 1.165) is 42.6 Å². The van der Waals surface area contributed by atoms with Gasteiger partial charge in [0, 0.05) is 23.4 Å². The quantitative estimate of drug-likeness (QED) is 0.266. The van der Waals surface area contributed by atoms with Crippen LogP contribution in [0.25, 0.3) is 0 Å². The molecule has 7 nitrogen and oxygen atoms in total. The van der Waals surface area contributed by atoms with Crippen molar-refractivity contribution in [1.82, 2.24) is 0 Å². The number of benzene rings is 2. The van der Waals surface area contributed by atoms with Gasteiger partial charge in [0.25, 0.3) is 5.91 Å². The number of amidine groups is 1. The Balaban J connectivity index is 1.59. The first-order chi connectivity index (χ1) is 15.5. The molecule has 0 saturated heterocycles. The number of nitrogens with zero attached hydrogens (tertiary/aromatic N) is 1. The lowest BCUT2D eigenvalue weighted by molar-refractivity contribution is -0.145. The van der Waals surface area contributed by atoms with E-state index in [2.05, 4.69) is 17.2 Å². The molecule has 2 aromatic rings. The predicted octanol–water partition coefficient (Wildman–Crippen LogP) is 4.09. The average Bonchev–Trinajstić information content (AvgIpc) is 2.79. The van der Waals surface area contributed by atoms with Crippen LogP contribution in [0.1, 0.15) is 61.0 Å². The number of aliphatic imine (C=N–C) groups is 1. The Bertz CT molecular complexity index is 970. The summed E-state index contributed by atoms with van der Waals surface area (Å²) in [6.45, 7) is 4.97. The number of hydrogen-bond acceptors (Lipinski definition) is 5. The summed E-state index contributed by atoms with van der Waals surface area (Å²) in [6, 6.07) is 12.7. The zero-order valence-corrected chi connectivity index (χ0v) is 18.7. The van der Waals surface area contributed by atoms with Crippen molar-refractivity contribution in [3.8, 4) is 5.75 Å². The lowest BCUT2D eigenvalue weighted by atomic mass is 10.00. The zero-order valence-electron chi connectivity index (χ0n) is 18.7. The van der Waals surface area contributed by atoms with E-state index in [1.807, 2.05) is 24.3 Å². The van der Waals surface area contributed by atoms with E-state index in [9.17, 15) is 9.59 Å². The van der Waals surface area contributed by atoms with E-state index in [1.54, 1.807) is 25.1 Å². The summed E-state index contributed by atoms with van der Waals surface area (Å²) < 4.78 is 10.9. The van der Waals surface area contributed by atoms with Crippen molar-refractivity contribution in [1.29, 1.82) is 0 Å². The van der Waals surface area contributed by atoms with Gasteiger partial charge >= 0.3 is 5.97 Å². The Morgan fingerprint density at radius 2 is 1.91 bits per heavy atom. The summed E-state index contributed by atoms with van der Waals surface area (Å²) in [6.07, 6.45) is 3.63. The van der Waals surface area contributed by atoms with Crippen molar-refractivity contribution in [3.63, 3.8) is 0 Å². The average molecular weight is 438 g/mol. The van der Waals surface area contributed by atoms with Crippen LogP contribution in [-0.2, 0) is 16.0 Å². The van der Waals surface area contributed by atoms with E-state index in [4.69, 9.17) is 15.2 Å². The van der Waals surface area contributed by atoms with Crippen LogP contribution in [0.5, 0.6) is 5.75 Å². The van der Waals surface area contributed by atoms with E-state index in [0.29, 0.717) is 30.2 Å². The first kappa shape index (κ1) is 23.3. The molecule has 0 aliphatic carbocycles. The Kier molecular flexibility index (Phi) is 8.25. The predicted molar refractivity (Wildman–Crippen MR) is 125 cm³/mol. The fourth-order valence-electron chi connectivity index (χ4n) is 3.52. The van der Waals surface area contributed by atoms with Gasteiger partial charge in [0.05, 0.1) is 13.0 Å². The van der Waals surface area contributed by atoms with Crippen molar-refractivity contribution in [2.45, 2.75) is 52.1 Å². The van der Waals surface area contributed by atoms with Crippen molar-refractivity contribution in [2.75, 3.05) is 18.5 Å². The van der Waals surface area contributed by atoms with Crippen molar-refractivity contribution in [3.05, 3.63) is 59.2 Å². The van der Waals surface area contributed by atoms with Gasteiger partial charge in [-0.2, -0.15) is 0 Å². The van der Waals surface area contributed by atoms with Crippen molar-refractivity contribution < 1.29 is 19.1 Å². The van der Waals surface area contributed by atoms with Gasteiger partial charge in [0.15, 0.2) is 0 Å². The maximum absolute atomic E-state index is 12.7. The second kappa shape index (κ2) is 11.3. The third-order valence-corrected chi connectivity index (χ3v) is 5.28. The summed E-state index contributed by atoms with van der Waals surface area (Å²) in [5.74, 6) is 0.784. The SMILES string of the molecule is CCCCN=C(N)c1ccc(C(=O)Nc2ccc3c(c2)CCC(CC(=O)OCC)O3)cc1. The van der Waals surface area contributed by atoms with E-state index >= 15 is 0 Å². The number of nitrogens with one attached hydrogen (secondary N) is 1. The molecule has 0 spiro atoms. The van der Waals surface area contributed by atoms with Gasteiger partial charge in [0.2, 0.25) is 0 Å². The highest BCUT2D eigenvalue weighted by Crippen LogP contribution is 2.31. The standard InChI is InChI=1S/C25H31N3O4/c1-3-5-14-27-24(26)17-6-8-18(9-7-17)25(30)28-20-11-13-22-19(15-20)10-12-21(32-22)16-23(29)31-4-2/h6-9,11,13,15,21H,3-5,10,12,14,16H2,1-2H3,(H2,26,27)(H,28,30). The lowest BCUT2D eigenvalue weighted by Gasteiger charge is -2.26. The topological polar surface area (TPSA) is 103 Å². The Hall–Kier alpha value is -3.35. The summed E-state index contributed by atoms with van der Waals surface area (Å²) in [5, 5.41) is 2.93. The number of nitrogens with two attached hydrogens (primary N) is 1. The minimum absolute atomic E-state index is 0.182. The van der Waals surface area contributed by atoms with E-state index in [-0.39, 0.29) is 24.4 Å². The minimum Gasteiger partial charge on any atom is -0.490 e. The third kappa shape index (κ3) is 6.33. The highest BCUT2D eigenvalue weighted by atomic mass is 16.5. The van der Waals surface area contributed by atoms with Gasteiger partial charge < -0.3 is 20.5 Å². The van der Waals surface area contributed by atoms with Gasteiger partial charge in [-0.15, -0.1) is 0 Å². The third-order valence-electron chi connectivity index (χ3n) is 5.28. The molecule has 1 aliphatic heterocycles. The van der Waals surface area contributed by atoms with Crippen molar-refractivity contribution in [2.24, 2.45) is 10.7 Å². The smallest absolute Gasteiger partial charge is 0.309 e. The van der Waals surface area contributed by atoms with Crippen LogP contribution in [-0.4, -0.2) is 37.0 Å². The van der Waals surface area contributed by atoms with Crippen molar-refractivity contribution >= 4 is 23.4 Å². The van der Waals surface area contributed by atoms with Crippen LogP contribution in [0.3, 0.4) is 0 Å². The first-order valence-electron chi connectivity index (χ1n) is 11.2. The number of amides is 1. The summed E-state index contributed by atoms with van der Waals surface area (Å²) in [4.78, 5) is 28.7. The zero-order chi connectivity index (χ0) is 22.9. The Labute approximate surface area is 189 Å². The normalized spacial score (nSPS) is 15.4. The molecule has 1 aliphatic rings. The molecule has 7 heteroatoms.